The molecule has 0 bridgehead atoms. The number of aryl methyl sites for hydroxylation is 1. The summed E-state index contributed by atoms with van der Waals surface area (Å²) in [6.45, 7) is 2.11. The number of hydrogen-bond acceptors (Lipinski definition) is 3. The van der Waals surface area contributed by atoms with Crippen molar-refractivity contribution in [1.82, 2.24) is 0 Å². The molecule has 3 heteroatoms. The van der Waals surface area contributed by atoms with Crippen LogP contribution in [0.25, 0.3) is 10.1 Å². The first-order valence-electron chi connectivity index (χ1n) is 4.22. The summed E-state index contributed by atoms with van der Waals surface area (Å²) >= 11 is 1.44. The highest BCUT2D eigenvalue weighted by Gasteiger charge is 2.07. The summed E-state index contributed by atoms with van der Waals surface area (Å²) in [6.07, 6.45) is 1.01. The monoisotopic (exact) mass is 193 g/mol. The minimum absolute atomic E-state index is 0.225. The van der Waals surface area contributed by atoms with Crippen LogP contribution in [0.5, 0.6) is 5.75 Å². The molecule has 3 N–H and O–H groups in total. The summed E-state index contributed by atoms with van der Waals surface area (Å²) < 4.78 is 1.06. The number of nitrogen functional groups attached to an aromatic ring is 1. The minimum atomic E-state index is 0.225. The van der Waals surface area contributed by atoms with Crippen molar-refractivity contribution in [1.29, 1.82) is 0 Å². The Labute approximate surface area is 80.6 Å². The second-order valence-electron chi connectivity index (χ2n) is 3.00. The van der Waals surface area contributed by atoms with Crippen molar-refractivity contribution in [3.05, 3.63) is 23.8 Å². The van der Waals surface area contributed by atoms with Crippen LogP contribution >= 0.6 is 11.3 Å². The van der Waals surface area contributed by atoms with E-state index in [9.17, 15) is 5.11 Å². The Morgan fingerprint density at radius 1 is 1.46 bits per heavy atom. The number of nitrogens with two attached hydrogens (primary N) is 1. The molecule has 1 heterocycles. The van der Waals surface area contributed by atoms with Crippen molar-refractivity contribution < 1.29 is 5.11 Å². The number of rotatable bonds is 1. The van der Waals surface area contributed by atoms with E-state index >= 15 is 0 Å². The number of thiophene rings is 1. The second-order valence-corrected chi connectivity index (χ2v) is 4.08. The van der Waals surface area contributed by atoms with E-state index in [4.69, 9.17) is 5.73 Å². The van der Waals surface area contributed by atoms with E-state index in [0.717, 1.165) is 16.5 Å². The molecule has 0 radical (unpaired) electrons. The van der Waals surface area contributed by atoms with Gasteiger partial charge in [-0.05, 0) is 24.1 Å². The van der Waals surface area contributed by atoms with Crippen LogP contribution in [0.15, 0.2) is 18.2 Å². The molecule has 2 rings (SSSR count). The van der Waals surface area contributed by atoms with Crippen molar-refractivity contribution in [3.63, 3.8) is 0 Å². The first kappa shape index (κ1) is 8.38. The average Bonchev–Trinajstić information content (AvgIpc) is 2.42. The molecule has 0 aliphatic carbocycles. The number of anilines is 1. The van der Waals surface area contributed by atoms with Gasteiger partial charge in [-0.15, -0.1) is 11.3 Å². The number of hydrogen-bond donors (Lipinski definition) is 2. The fourth-order valence-corrected chi connectivity index (χ4v) is 2.29. The lowest BCUT2D eigenvalue weighted by molar-refractivity contribution is 0.486. The topological polar surface area (TPSA) is 46.2 Å². The normalized spacial score (nSPS) is 10.8. The maximum absolute atomic E-state index is 9.55. The molecule has 0 fully saturated rings. The number of benzene rings is 1. The molecule has 0 aliphatic heterocycles. The third-order valence-electron chi connectivity index (χ3n) is 2.16. The molecular formula is C10H11NOS. The summed E-state index contributed by atoms with van der Waals surface area (Å²) in [4.78, 5) is 0. The third-order valence-corrected chi connectivity index (χ3v) is 3.13. The van der Waals surface area contributed by atoms with Gasteiger partial charge in [0.15, 0.2) is 5.75 Å². The zero-order chi connectivity index (χ0) is 9.42. The molecule has 0 spiro atoms. The highest BCUT2D eigenvalue weighted by atomic mass is 32.1. The van der Waals surface area contributed by atoms with Gasteiger partial charge in [-0.3, -0.25) is 0 Å². The Hall–Kier alpha value is -1.22. The molecule has 0 amide bonds. The van der Waals surface area contributed by atoms with Gasteiger partial charge in [0.1, 0.15) is 5.00 Å². The van der Waals surface area contributed by atoms with E-state index in [1.807, 2.05) is 12.1 Å². The Bertz CT molecular complexity index is 447. The Balaban J connectivity index is 2.73. The van der Waals surface area contributed by atoms with Gasteiger partial charge in [-0.1, -0.05) is 13.0 Å². The van der Waals surface area contributed by atoms with Crippen molar-refractivity contribution in [2.45, 2.75) is 13.3 Å². The fourth-order valence-electron chi connectivity index (χ4n) is 1.37. The Kier molecular flexibility index (Phi) is 1.88. The van der Waals surface area contributed by atoms with E-state index in [1.54, 1.807) is 0 Å². The smallest absolute Gasteiger partial charge is 0.157 e. The predicted octanol–water partition coefficient (Wildman–Crippen LogP) is 2.75. The average molecular weight is 193 g/mol. The molecule has 0 atom stereocenters. The zero-order valence-electron chi connectivity index (χ0n) is 7.37. The van der Waals surface area contributed by atoms with Crippen molar-refractivity contribution in [3.8, 4) is 5.75 Å². The van der Waals surface area contributed by atoms with Gasteiger partial charge in [-0.25, -0.2) is 0 Å². The maximum Gasteiger partial charge on any atom is 0.157 e. The van der Waals surface area contributed by atoms with Crippen LogP contribution in [-0.4, -0.2) is 5.11 Å². The molecular weight excluding hydrogens is 182 g/mol. The van der Waals surface area contributed by atoms with Crippen LogP contribution in [0.3, 0.4) is 0 Å². The Morgan fingerprint density at radius 2 is 2.23 bits per heavy atom. The van der Waals surface area contributed by atoms with Gasteiger partial charge in [-0.2, -0.15) is 0 Å². The molecule has 1 aromatic heterocycles. The SMILES string of the molecule is CCc1ccc2c(O)c(N)sc2c1. The van der Waals surface area contributed by atoms with Gasteiger partial charge < -0.3 is 10.8 Å². The van der Waals surface area contributed by atoms with Crippen molar-refractivity contribution >= 4 is 26.4 Å². The van der Waals surface area contributed by atoms with Gasteiger partial charge >= 0.3 is 0 Å². The Morgan fingerprint density at radius 3 is 2.92 bits per heavy atom. The lowest BCUT2D eigenvalue weighted by Gasteiger charge is -1.95. The van der Waals surface area contributed by atoms with Gasteiger partial charge in [0.2, 0.25) is 0 Å². The molecule has 68 valence electrons. The zero-order valence-corrected chi connectivity index (χ0v) is 8.19. The molecule has 13 heavy (non-hydrogen) atoms. The summed E-state index contributed by atoms with van der Waals surface area (Å²) in [5.74, 6) is 0.225. The molecule has 1 aromatic carbocycles. The molecule has 0 aliphatic rings. The number of fused-ring (bicyclic) bond motifs is 1. The van der Waals surface area contributed by atoms with Gasteiger partial charge in [0.05, 0.1) is 0 Å². The first-order chi connectivity index (χ1) is 6.22. The van der Waals surface area contributed by atoms with Crippen LogP contribution in [0, 0.1) is 0 Å². The summed E-state index contributed by atoms with van der Waals surface area (Å²) in [6, 6.07) is 6.03. The number of aromatic hydroxyl groups is 1. The molecule has 0 unspecified atom stereocenters. The second kappa shape index (κ2) is 2.92. The third kappa shape index (κ3) is 1.25. The first-order valence-corrected chi connectivity index (χ1v) is 5.04. The molecule has 0 saturated heterocycles. The predicted molar refractivity (Wildman–Crippen MR) is 57.3 cm³/mol. The molecule has 2 nitrogen and oxygen atoms in total. The highest BCUT2D eigenvalue weighted by Crippen LogP contribution is 2.39. The van der Waals surface area contributed by atoms with E-state index in [2.05, 4.69) is 13.0 Å². The highest BCUT2D eigenvalue weighted by molar-refractivity contribution is 7.23. The van der Waals surface area contributed by atoms with E-state index in [0.29, 0.717) is 5.00 Å². The summed E-state index contributed by atoms with van der Waals surface area (Å²) in [7, 11) is 0. The van der Waals surface area contributed by atoms with Crippen LogP contribution in [0.2, 0.25) is 0 Å². The molecule has 2 aromatic rings. The van der Waals surface area contributed by atoms with Gasteiger partial charge in [0, 0.05) is 10.1 Å². The van der Waals surface area contributed by atoms with E-state index in [1.165, 1.54) is 16.9 Å². The van der Waals surface area contributed by atoms with Crippen LogP contribution in [0.1, 0.15) is 12.5 Å². The summed E-state index contributed by atoms with van der Waals surface area (Å²) in [5.41, 5.74) is 6.88. The van der Waals surface area contributed by atoms with E-state index in [-0.39, 0.29) is 5.75 Å². The van der Waals surface area contributed by atoms with Crippen molar-refractivity contribution in [2.75, 3.05) is 5.73 Å². The van der Waals surface area contributed by atoms with Crippen molar-refractivity contribution in [2.24, 2.45) is 0 Å². The lowest BCUT2D eigenvalue weighted by atomic mass is 10.1. The quantitative estimate of drug-likeness (QED) is 0.731. The summed E-state index contributed by atoms with van der Waals surface area (Å²) in [5, 5.41) is 10.9. The van der Waals surface area contributed by atoms with Crippen LogP contribution in [-0.2, 0) is 6.42 Å². The fraction of sp³-hybridized carbons (Fsp3) is 0.200. The van der Waals surface area contributed by atoms with Gasteiger partial charge in [0.25, 0.3) is 0 Å². The van der Waals surface area contributed by atoms with Crippen LogP contribution < -0.4 is 5.73 Å². The van der Waals surface area contributed by atoms with Crippen LogP contribution in [0.4, 0.5) is 5.00 Å². The largest absolute Gasteiger partial charge is 0.504 e. The van der Waals surface area contributed by atoms with E-state index < -0.39 is 0 Å². The molecule has 0 saturated carbocycles. The minimum Gasteiger partial charge on any atom is -0.504 e. The maximum atomic E-state index is 9.55. The standard InChI is InChI=1S/C10H11NOS/c1-2-6-3-4-7-8(5-6)13-10(11)9(7)12/h3-5,12H,2,11H2,1H3. The lowest BCUT2D eigenvalue weighted by Crippen LogP contribution is -1.77.